The van der Waals surface area contributed by atoms with Crippen molar-refractivity contribution in [3.63, 3.8) is 0 Å². The van der Waals surface area contributed by atoms with E-state index in [2.05, 4.69) is 15.4 Å². The van der Waals surface area contributed by atoms with Crippen molar-refractivity contribution in [3.8, 4) is 5.75 Å². The van der Waals surface area contributed by atoms with E-state index in [1.54, 1.807) is 32.9 Å². The fraction of sp³-hybridized carbons (Fsp3) is 0.348. The minimum absolute atomic E-state index is 0.00841. The topological polar surface area (TPSA) is 140 Å². The van der Waals surface area contributed by atoms with E-state index in [0.29, 0.717) is 22.7 Å². The maximum Gasteiger partial charge on any atom is 0.412 e. The second kappa shape index (κ2) is 11.1. The van der Waals surface area contributed by atoms with Crippen molar-refractivity contribution >= 4 is 39.2 Å². The number of nitrogens with one attached hydrogen (secondary N) is 3. The molecule has 0 aliphatic carbocycles. The number of anilines is 2. The molecule has 10 nitrogen and oxygen atoms in total. The van der Waals surface area contributed by atoms with Crippen LogP contribution in [0.15, 0.2) is 47.4 Å². The van der Waals surface area contributed by atoms with Gasteiger partial charge < -0.3 is 14.8 Å². The van der Waals surface area contributed by atoms with Gasteiger partial charge in [-0.15, -0.1) is 0 Å². The van der Waals surface area contributed by atoms with Crippen LogP contribution in [0.2, 0.25) is 0 Å². The Morgan fingerprint density at radius 3 is 2.18 bits per heavy atom. The third-order valence-corrected chi connectivity index (χ3v) is 5.81. The molecule has 2 amide bonds. The number of benzene rings is 2. The molecule has 0 saturated heterocycles. The molecule has 11 heteroatoms. The normalized spacial score (nSPS) is 11.4. The largest absolute Gasteiger partial charge is 0.495 e. The van der Waals surface area contributed by atoms with Gasteiger partial charge in [-0.3, -0.25) is 14.9 Å². The Hall–Kier alpha value is -3.44. The zero-order valence-electron chi connectivity index (χ0n) is 19.7. The van der Waals surface area contributed by atoms with E-state index >= 15 is 0 Å². The minimum atomic E-state index is -3.83. The second-order valence-corrected chi connectivity index (χ2v) is 10.1. The fourth-order valence-electron chi connectivity index (χ4n) is 2.77. The summed E-state index contributed by atoms with van der Waals surface area (Å²) < 4.78 is 37.6. The van der Waals surface area contributed by atoms with E-state index in [1.165, 1.54) is 44.4 Å². The zero-order valence-corrected chi connectivity index (χ0v) is 20.5. The van der Waals surface area contributed by atoms with E-state index in [0.717, 1.165) is 0 Å². The fourth-order valence-corrected chi connectivity index (χ4v) is 3.80. The van der Waals surface area contributed by atoms with Gasteiger partial charge in [0.05, 0.1) is 17.7 Å². The molecule has 0 radical (unpaired) electrons. The highest BCUT2D eigenvalue weighted by molar-refractivity contribution is 7.89. The highest BCUT2D eigenvalue weighted by Crippen LogP contribution is 2.28. The number of ketones is 1. The summed E-state index contributed by atoms with van der Waals surface area (Å²) in [5, 5.41) is 5.22. The molecule has 3 N–H and O–H groups in total. The summed E-state index contributed by atoms with van der Waals surface area (Å²) >= 11 is 0. The number of carbonyl (C=O) groups excluding carboxylic acids is 3. The molecule has 0 bridgehead atoms. The molecule has 2 aromatic rings. The van der Waals surface area contributed by atoms with Crippen LogP contribution in [0.25, 0.3) is 0 Å². The van der Waals surface area contributed by atoms with E-state index in [9.17, 15) is 22.8 Å². The molecule has 0 heterocycles. The Bertz CT molecular complexity index is 1150. The maximum absolute atomic E-state index is 12.4. The lowest BCUT2D eigenvalue weighted by Gasteiger charge is -2.20. The number of hydrogen-bond donors (Lipinski definition) is 3. The van der Waals surface area contributed by atoms with Gasteiger partial charge in [-0.25, -0.2) is 17.9 Å². The average molecular weight is 492 g/mol. The van der Waals surface area contributed by atoms with Crippen molar-refractivity contribution in [1.82, 2.24) is 4.72 Å². The third kappa shape index (κ3) is 8.16. The van der Waals surface area contributed by atoms with E-state index in [-0.39, 0.29) is 23.6 Å². The highest BCUT2D eigenvalue weighted by atomic mass is 32.2. The minimum Gasteiger partial charge on any atom is -0.495 e. The van der Waals surface area contributed by atoms with Crippen LogP contribution in [0.5, 0.6) is 5.75 Å². The first-order valence-electron chi connectivity index (χ1n) is 10.4. The van der Waals surface area contributed by atoms with Gasteiger partial charge in [0.15, 0.2) is 5.78 Å². The first kappa shape index (κ1) is 26.8. The standard InChI is InChI=1S/C23H29N3O7S/c1-15(27)16-6-9-18(10-7-16)34(30,31)24-13-12-21(28)25-17-8-11-20(32-5)19(14-17)26-22(29)33-23(2,3)4/h6-11,14,24H,12-13H2,1-5H3,(H,25,28)(H,26,29). The van der Waals surface area contributed by atoms with Gasteiger partial charge in [-0.2, -0.15) is 0 Å². The van der Waals surface area contributed by atoms with Gasteiger partial charge in [0.1, 0.15) is 11.4 Å². The summed E-state index contributed by atoms with van der Waals surface area (Å²) in [5.41, 5.74) is 0.383. The predicted molar refractivity (Wildman–Crippen MR) is 128 cm³/mol. The Morgan fingerprint density at radius 1 is 0.971 bits per heavy atom. The number of carbonyl (C=O) groups is 3. The number of sulfonamides is 1. The molecule has 34 heavy (non-hydrogen) atoms. The number of Topliss-reactive ketones (excluding diaryl/α,β-unsaturated/α-hetero) is 1. The van der Waals surface area contributed by atoms with Crippen molar-refractivity contribution in [2.75, 3.05) is 24.3 Å². The average Bonchev–Trinajstić information content (AvgIpc) is 2.72. The molecule has 2 aromatic carbocycles. The smallest absolute Gasteiger partial charge is 0.412 e. The van der Waals surface area contributed by atoms with Gasteiger partial charge in [0.25, 0.3) is 0 Å². The molecular formula is C23H29N3O7S. The number of ether oxygens (including phenoxy) is 2. The number of amides is 2. The lowest BCUT2D eigenvalue weighted by atomic mass is 10.2. The van der Waals surface area contributed by atoms with Gasteiger partial charge in [0, 0.05) is 24.2 Å². The molecule has 0 fully saturated rings. The molecule has 184 valence electrons. The summed E-state index contributed by atoms with van der Waals surface area (Å²) in [6, 6.07) is 10.2. The van der Waals surface area contributed by atoms with E-state index in [4.69, 9.17) is 9.47 Å². The number of methoxy groups -OCH3 is 1. The molecule has 0 aliphatic heterocycles. The first-order chi connectivity index (χ1) is 15.8. The van der Waals surface area contributed by atoms with Gasteiger partial charge in [-0.05, 0) is 58.0 Å². The van der Waals surface area contributed by atoms with Crippen molar-refractivity contribution in [2.45, 2.75) is 44.6 Å². The molecule has 0 unspecified atom stereocenters. The lowest BCUT2D eigenvalue weighted by molar-refractivity contribution is -0.116. The Morgan fingerprint density at radius 2 is 1.62 bits per heavy atom. The van der Waals surface area contributed by atoms with Crippen LogP contribution in [0.4, 0.5) is 16.2 Å². The summed E-state index contributed by atoms with van der Waals surface area (Å²) in [5.74, 6) is -0.244. The van der Waals surface area contributed by atoms with Crippen LogP contribution in [0.1, 0.15) is 44.5 Å². The monoisotopic (exact) mass is 491 g/mol. The van der Waals surface area contributed by atoms with Gasteiger partial charge in [-0.1, -0.05) is 12.1 Å². The van der Waals surface area contributed by atoms with Crippen molar-refractivity contribution in [3.05, 3.63) is 48.0 Å². The molecule has 0 saturated carbocycles. The zero-order chi connectivity index (χ0) is 25.5. The lowest BCUT2D eigenvalue weighted by Crippen LogP contribution is -2.28. The predicted octanol–water partition coefficient (Wildman–Crippen LogP) is 3.55. The highest BCUT2D eigenvalue weighted by Gasteiger charge is 2.18. The number of rotatable bonds is 9. The molecule has 0 atom stereocenters. The van der Waals surface area contributed by atoms with Crippen LogP contribution in [0.3, 0.4) is 0 Å². The molecule has 2 rings (SSSR count). The van der Waals surface area contributed by atoms with Crippen LogP contribution < -0.4 is 20.1 Å². The molecule has 0 aliphatic rings. The maximum atomic E-state index is 12.4. The summed E-state index contributed by atoms with van der Waals surface area (Å²) in [6.45, 7) is 6.45. The summed E-state index contributed by atoms with van der Waals surface area (Å²) in [7, 11) is -2.40. The Kier molecular flexibility index (Phi) is 8.77. The molecule has 0 aromatic heterocycles. The molecular weight excluding hydrogens is 462 g/mol. The number of hydrogen-bond acceptors (Lipinski definition) is 7. The van der Waals surface area contributed by atoms with Crippen LogP contribution in [-0.2, 0) is 19.6 Å². The van der Waals surface area contributed by atoms with Crippen molar-refractivity contribution in [1.29, 1.82) is 0 Å². The summed E-state index contributed by atoms with van der Waals surface area (Å²) in [6.07, 6.45) is -0.814. The molecule has 0 spiro atoms. The van der Waals surface area contributed by atoms with Crippen LogP contribution in [-0.4, -0.2) is 45.5 Å². The van der Waals surface area contributed by atoms with E-state index < -0.39 is 27.6 Å². The first-order valence-corrected chi connectivity index (χ1v) is 11.9. The van der Waals surface area contributed by atoms with Crippen molar-refractivity contribution < 1.29 is 32.3 Å². The van der Waals surface area contributed by atoms with Crippen LogP contribution in [0, 0.1) is 0 Å². The van der Waals surface area contributed by atoms with E-state index in [1.807, 2.05) is 0 Å². The van der Waals surface area contributed by atoms with Gasteiger partial charge in [0.2, 0.25) is 15.9 Å². The summed E-state index contributed by atoms with van der Waals surface area (Å²) in [4.78, 5) is 35.7. The third-order valence-electron chi connectivity index (χ3n) is 4.33. The van der Waals surface area contributed by atoms with Crippen molar-refractivity contribution in [2.24, 2.45) is 0 Å². The Balaban J connectivity index is 1.96. The quantitative estimate of drug-likeness (QED) is 0.456. The SMILES string of the molecule is COc1ccc(NC(=O)CCNS(=O)(=O)c2ccc(C(C)=O)cc2)cc1NC(=O)OC(C)(C)C. The van der Waals surface area contributed by atoms with Crippen LogP contribution >= 0.6 is 0 Å². The Labute approximate surface area is 199 Å². The second-order valence-electron chi connectivity index (χ2n) is 8.32. The van der Waals surface area contributed by atoms with Gasteiger partial charge >= 0.3 is 6.09 Å².